The van der Waals surface area contributed by atoms with E-state index in [-0.39, 0.29) is 11.8 Å². The van der Waals surface area contributed by atoms with Crippen molar-refractivity contribution >= 4 is 15.9 Å². The lowest BCUT2D eigenvalue weighted by atomic mass is 9.93. The molecule has 3 rings (SSSR count). The Morgan fingerprint density at radius 3 is 2.07 bits per heavy atom. The molecule has 1 aromatic carbocycles. The summed E-state index contributed by atoms with van der Waals surface area (Å²) in [6, 6.07) is 2.05. The summed E-state index contributed by atoms with van der Waals surface area (Å²) in [6.45, 7) is 12.5. The quantitative estimate of drug-likeness (QED) is 0.771. The minimum Gasteiger partial charge on any atom is -0.342 e. The summed E-state index contributed by atoms with van der Waals surface area (Å²) in [6.07, 6.45) is 3.50. The van der Waals surface area contributed by atoms with E-state index in [1.165, 1.54) is 6.42 Å². The predicted molar refractivity (Wildman–Crippen MR) is 112 cm³/mol. The van der Waals surface area contributed by atoms with Crippen LogP contribution in [0, 0.1) is 39.5 Å². The van der Waals surface area contributed by atoms with Gasteiger partial charge in [0, 0.05) is 32.1 Å². The number of carbonyl (C=O) groups is 1. The third-order valence-electron chi connectivity index (χ3n) is 6.67. The van der Waals surface area contributed by atoms with Gasteiger partial charge >= 0.3 is 0 Å². The highest BCUT2D eigenvalue weighted by Gasteiger charge is 2.36. The second kappa shape index (κ2) is 8.15. The van der Waals surface area contributed by atoms with E-state index in [2.05, 4.69) is 6.92 Å². The maximum atomic E-state index is 13.4. The predicted octanol–water partition coefficient (Wildman–Crippen LogP) is 3.58. The SMILES string of the molecule is Cc1cc(C)c(C)c(S(=O)(=O)N2CCC(C(=O)N3CCC[C@@H](C)C3)CC2)c1C. The summed E-state index contributed by atoms with van der Waals surface area (Å²) in [7, 11) is -3.54. The molecule has 0 N–H and O–H groups in total. The van der Waals surface area contributed by atoms with Crippen LogP contribution in [0.15, 0.2) is 11.0 Å². The van der Waals surface area contributed by atoms with Crippen LogP contribution in [0.2, 0.25) is 0 Å². The number of amides is 1. The molecule has 0 spiro atoms. The summed E-state index contributed by atoms with van der Waals surface area (Å²) in [5, 5.41) is 0. The zero-order valence-electron chi connectivity index (χ0n) is 17.9. The van der Waals surface area contributed by atoms with Gasteiger partial charge in [0.05, 0.1) is 4.90 Å². The summed E-state index contributed by atoms with van der Waals surface area (Å²) in [4.78, 5) is 15.3. The molecule has 1 aromatic rings. The van der Waals surface area contributed by atoms with Gasteiger partial charge in [-0.3, -0.25) is 4.79 Å². The number of nitrogens with zero attached hydrogens (tertiary/aromatic N) is 2. The van der Waals surface area contributed by atoms with E-state index in [4.69, 9.17) is 0 Å². The highest BCUT2D eigenvalue weighted by molar-refractivity contribution is 7.89. The van der Waals surface area contributed by atoms with E-state index >= 15 is 0 Å². The molecule has 0 aliphatic carbocycles. The molecule has 1 amide bonds. The maximum absolute atomic E-state index is 13.4. The number of carbonyl (C=O) groups excluding carboxylic acids is 1. The van der Waals surface area contributed by atoms with Crippen LogP contribution >= 0.6 is 0 Å². The van der Waals surface area contributed by atoms with E-state index in [9.17, 15) is 13.2 Å². The van der Waals surface area contributed by atoms with Crippen molar-refractivity contribution in [2.45, 2.75) is 65.2 Å². The van der Waals surface area contributed by atoms with Crippen molar-refractivity contribution in [3.05, 3.63) is 28.3 Å². The lowest BCUT2D eigenvalue weighted by molar-refractivity contribution is -0.138. The number of rotatable bonds is 3. The van der Waals surface area contributed by atoms with Crippen molar-refractivity contribution in [3.63, 3.8) is 0 Å². The molecule has 2 aliphatic heterocycles. The molecule has 156 valence electrons. The van der Waals surface area contributed by atoms with Gasteiger partial charge in [-0.25, -0.2) is 8.42 Å². The number of likely N-dealkylation sites (tertiary alicyclic amines) is 1. The third kappa shape index (κ3) is 3.99. The van der Waals surface area contributed by atoms with Gasteiger partial charge in [-0.1, -0.05) is 13.0 Å². The van der Waals surface area contributed by atoms with Gasteiger partial charge in [-0.15, -0.1) is 0 Å². The van der Waals surface area contributed by atoms with Crippen molar-refractivity contribution in [2.75, 3.05) is 26.2 Å². The number of hydrogen-bond donors (Lipinski definition) is 0. The first-order valence-corrected chi connectivity index (χ1v) is 11.9. The van der Waals surface area contributed by atoms with E-state index in [0.29, 0.717) is 36.7 Å². The molecule has 28 heavy (non-hydrogen) atoms. The number of aryl methyl sites for hydroxylation is 2. The standard InChI is InChI=1S/C22H34N2O3S/c1-15-7-6-10-23(14-15)22(25)20-8-11-24(12-9-20)28(26,27)21-18(4)16(2)13-17(3)19(21)5/h13,15,20H,6-12,14H2,1-5H3/t15-/m1/s1. The van der Waals surface area contributed by atoms with Gasteiger partial charge in [0.25, 0.3) is 0 Å². The number of benzene rings is 1. The summed E-state index contributed by atoms with van der Waals surface area (Å²) in [5.74, 6) is 0.745. The van der Waals surface area contributed by atoms with Crippen LogP contribution in [0.25, 0.3) is 0 Å². The molecule has 2 aliphatic rings. The molecule has 0 radical (unpaired) electrons. The van der Waals surface area contributed by atoms with Crippen LogP contribution < -0.4 is 0 Å². The fraction of sp³-hybridized carbons (Fsp3) is 0.682. The molecular weight excluding hydrogens is 372 g/mol. The number of piperidine rings is 2. The Labute approximate surface area is 170 Å². The van der Waals surface area contributed by atoms with Gasteiger partial charge in [0.1, 0.15) is 0 Å². The normalized spacial score (nSPS) is 22.5. The molecule has 0 aromatic heterocycles. The van der Waals surface area contributed by atoms with Crippen molar-refractivity contribution < 1.29 is 13.2 Å². The zero-order chi connectivity index (χ0) is 20.6. The van der Waals surface area contributed by atoms with Crippen LogP contribution in [-0.2, 0) is 14.8 Å². The van der Waals surface area contributed by atoms with Crippen molar-refractivity contribution in [3.8, 4) is 0 Å². The molecule has 0 saturated carbocycles. The van der Waals surface area contributed by atoms with E-state index in [0.717, 1.165) is 41.8 Å². The lowest BCUT2D eigenvalue weighted by Crippen LogP contribution is -2.47. The van der Waals surface area contributed by atoms with Gasteiger partial charge in [0.15, 0.2) is 0 Å². The first-order chi connectivity index (χ1) is 13.1. The molecule has 1 atom stereocenters. The first kappa shape index (κ1) is 21.3. The highest BCUT2D eigenvalue weighted by atomic mass is 32.2. The van der Waals surface area contributed by atoms with Crippen molar-refractivity contribution in [2.24, 2.45) is 11.8 Å². The lowest BCUT2D eigenvalue weighted by Gasteiger charge is -2.37. The fourth-order valence-electron chi connectivity index (χ4n) is 4.69. The third-order valence-corrected chi connectivity index (χ3v) is 8.84. The molecule has 0 unspecified atom stereocenters. The molecule has 2 fully saturated rings. The van der Waals surface area contributed by atoms with Crippen LogP contribution in [0.4, 0.5) is 0 Å². The summed E-state index contributed by atoms with van der Waals surface area (Å²) in [5.41, 5.74) is 3.68. The molecular formula is C22H34N2O3S. The Hall–Kier alpha value is -1.40. The Balaban J connectivity index is 1.73. The van der Waals surface area contributed by atoms with Crippen LogP contribution in [0.3, 0.4) is 0 Å². The van der Waals surface area contributed by atoms with Gasteiger partial charge in [-0.2, -0.15) is 4.31 Å². The topological polar surface area (TPSA) is 57.7 Å². The monoisotopic (exact) mass is 406 g/mol. The van der Waals surface area contributed by atoms with Crippen LogP contribution in [-0.4, -0.2) is 49.7 Å². The molecule has 5 nitrogen and oxygen atoms in total. The van der Waals surface area contributed by atoms with Crippen molar-refractivity contribution in [1.82, 2.24) is 9.21 Å². The van der Waals surface area contributed by atoms with E-state index in [1.807, 2.05) is 38.7 Å². The Morgan fingerprint density at radius 2 is 1.54 bits per heavy atom. The number of hydrogen-bond acceptors (Lipinski definition) is 3. The first-order valence-electron chi connectivity index (χ1n) is 10.5. The average Bonchev–Trinajstić information content (AvgIpc) is 2.66. The Bertz CT molecular complexity index is 829. The van der Waals surface area contributed by atoms with Crippen LogP contribution in [0.1, 0.15) is 54.9 Å². The fourth-order valence-corrected chi connectivity index (χ4v) is 6.73. The Kier molecular flexibility index (Phi) is 6.20. The number of sulfonamides is 1. The highest BCUT2D eigenvalue weighted by Crippen LogP contribution is 2.32. The average molecular weight is 407 g/mol. The minimum atomic E-state index is -3.54. The largest absolute Gasteiger partial charge is 0.342 e. The maximum Gasteiger partial charge on any atom is 0.243 e. The second-order valence-electron chi connectivity index (χ2n) is 8.80. The van der Waals surface area contributed by atoms with Gasteiger partial charge in [0.2, 0.25) is 15.9 Å². The summed E-state index contributed by atoms with van der Waals surface area (Å²) >= 11 is 0. The summed E-state index contributed by atoms with van der Waals surface area (Å²) < 4.78 is 28.4. The minimum absolute atomic E-state index is 0.0433. The van der Waals surface area contributed by atoms with Crippen LogP contribution in [0.5, 0.6) is 0 Å². The van der Waals surface area contributed by atoms with E-state index < -0.39 is 10.0 Å². The Morgan fingerprint density at radius 1 is 0.964 bits per heavy atom. The molecule has 2 saturated heterocycles. The zero-order valence-corrected chi connectivity index (χ0v) is 18.7. The van der Waals surface area contributed by atoms with E-state index in [1.54, 1.807) is 4.31 Å². The molecule has 6 heteroatoms. The molecule has 2 heterocycles. The van der Waals surface area contributed by atoms with Crippen molar-refractivity contribution in [1.29, 1.82) is 0 Å². The van der Waals surface area contributed by atoms with Gasteiger partial charge < -0.3 is 4.90 Å². The smallest absolute Gasteiger partial charge is 0.243 e. The second-order valence-corrected chi connectivity index (χ2v) is 10.7. The van der Waals surface area contributed by atoms with Gasteiger partial charge in [-0.05, 0) is 81.5 Å². The molecule has 0 bridgehead atoms.